The Morgan fingerprint density at radius 2 is 1.67 bits per heavy atom. The van der Waals surface area contributed by atoms with Gasteiger partial charge in [-0.2, -0.15) is 4.98 Å². The van der Waals surface area contributed by atoms with Crippen LogP contribution < -0.4 is 5.73 Å². The van der Waals surface area contributed by atoms with Crippen LogP contribution in [0.1, 0.15) is 45.0 Å². The zero-order chi connectivity index (χ0) is 13.4. The molecular formula is C14H19N3O. The lowest BCUT2D eigenvalue weighted by molar-refractivity contribution is 0.318. The smallest absolute Gasteiger partial charge is 0.251 e. The zero-order valence-electron chi connectivity index (χ0n) is 11.3. The Morgan fingerprint density at radius 3 is 2.17 bits per heavy atom. The van der Waals surface area contributed by atoms with Crippen molar-refractivity contribution < 1.29 is 4.52 Å². The van der Waals surface area contributed by atoms with Gasteiger partial charge in [-0.3, -0.25) is 0 Å². The standard InChI is InChI=1S/C14H19N3O/c1-13(2,3)11-16-12(18-17-11)14(4,15)10-8-6-5-7-9-10/h5-9H,15H2,1-4H3. The summed E-state index contributed by atoms with van der Waals surface area (Å²) in [4.78, 5) is 4.43. The van der Waals surface area contributed by atoms with E-state index < -0.39 is 5.54 Å². The van der Waals surface area contributed by atoms with E-state index in [1.165, 1.54) is 0 Å². The summed E-state index contributed by atoms with van der Waals surface area (Å²) in [6, 6.07) is 9.76. The van der Waals surface area contributed by atoms with Crippen molar-refractivity contribution in [3.8, 4) is 0 Å². The fourth-order valence-corrected chi connectivity index (χ4v) is 1.65. The monoisotopic (exact) mass is 245 g/mol. The predicted molar refractivity (Wildman–Crippen MR) is 70.1 cm³/mol. The summed E-state index contributed by atoms with van der Waals surface area (Å²) >= 11 is 0. The molecule has 0 saturated carbocycles. The molecule has 2 aromatic rings. The van der Waals surface area contributed by atoms with Crippen LogP contribution in [-0.4, -0.2) is 10.1 Å². The second-order valence-electron chi connectivity index (χ2n) is 5.74. The van der Waals surface area contributed by atoms with Crippen LogP contribution in [-0.2, 0) is 11.0 Å². The van der Waals surface area contributed by atoms with Gasteiger partial charge < -0.3 is 10.3 Å². The van der Waals surface area contributed by atoms with Gasteiger partial charge in [0.1, 0.15) is 5.54 Å². The van der Waals surface area contributed by atoms with E-state index in [0.717, 1.165) is 5.56 Å². The number of nitrogens with two attached hydrogens (primary N) is 1. The number of hydrogen-bond donors (Lipinski definition) is 1. The van der Waals surface area contributed by atoms with Gasteiger partial charge in [0.15, 0.2) is 5.82 Å². The van der Waals surface area contributed by atoms with Crippen LogP contribution in [0.4, 0.5) is 0 Å². The van der Waals surface area contributed by atoms with E-state index in [2.05, 4.69) is 10.1 Å². The van der Waals surface area contributed by atoms with Crippen LogP contribution in [0, 0.1) is 0 Å². The van der Waals surface area contributed by atoms with Crippen molar-refractivity contribution >= 4 is 0 Å². The van der Waals surface area contributed by atoms with Crippen LogP contribution in [0.15, 0.2) is 34.9 Å². The topological polar surface area (TPSA) is 64.9 Å². The minimum Gasteiger partial charge on any atom is -0.337 e. The van der Waals surface area contributed by atoms with Gasteiger partial charge in [-0.1, -0.05) is 56.3 Å². The van der Waals surface area contributed by atoms with Crippen molar-refractivity contribution in [2.75, 3.05) is 0 Å². The molecule has 1 unspecified atom stereocenters. The maximum atomic E-state index is 6.32. The Morgan fingerprint density at radius 1 is 1.06 bits per heavy atom. The Kier molecular flexibility index (Phi) is 2.99. The highest BCUT2D eigenvalue weighted by Gasteiger charge is 2.32. The highest BCUT2D eigenvalue weighted by atomic mass is 16.5. The first kappa shape index (κ1) is 12.8. The summed E-state index contributed by atoms with van der Waals surface area (Å²) in [5, 5.41) is 4.01. The number of rotatable bonds is 2. The molecule has 96 valence electrons. The number of hydrogen-bond acceptors (Lipinski definition) is 4. The lowest BCUT2D eigenvalue weighted by Gasteiger charge is -2.20. The van der Waals surface area contributed by atoms with Crippen molar-refractivity contribution in [2.24, 2.45) is 5.73 Å². The number of nitrogens with zero attached hydrogens (tertiary/aromatic N) is 2. The average Bonchev–Trinajstić information content (AvgIpc) is 2.79. The SMILES string of the molecule is CC(C)(C)c1noc(C(C)(N)c2ccccc2)n1. The maximum absolute atomic E-state index is 6.32. The van der Waals surface area contributed by atoms with Crippen LogP contribution >= 0.6 is 0 Å². The van der Waals surface area contributed by atoms with Gasteiger partial charge in [0, 0.05) is 5.41 Å². The van der Waals surface area contributed by atoms with Crippen molar-refractivity contribution in [3.05, 3.63) is 47.6 Å². The molecule has 1 aromatic carbocycles. The quantitative estimate of drug-likeness (QED) is 0.883. The molecule has 0 fully saturated rings. The van der Waals surface area contributed by atoms with Gasteiger partial charge in [-0.25, -0.2) is 0 Å². The van der Waals surface area contributed by atoms with Crippen molar-refractivity contribution in [3.63, 3.8) is 0 Å². The fraction of sp³-hybridized carbons (Fsp3) is 0.429. The fourth-order valence-electron chi connectivity index (χ4n) is 1.65. The van der Waals surface area contributed by atoms with Gasteiger partial charge in [-0.05, 0) is 12.5 Å². The molecule has 1 aromatic heterocycles. The molecule has 0 spiro atoms. The molecule has 4 heteroatoms. The summed E-state index contributed by atoms with van der Waals surface area (Å²) in [6.45, 7) is 8.00. The molecule has 0 amide bonds. The van der Waals surface area contributed by atoms with E-state index in [1.54, 1.807) is 0 Å². The summed E-state index contributed by atoms with van der Waals surface area (Å²) in [7, 11) is 0. The normalized spacial score (nSPS) is 15.4. The number of benzene rings is 1. The van der Waals surface area contributed by atoms with Crippen molar-refractivity contribution in [1.29, 1.82) is 0 Å². The summed E-state index contributed by atoms with van der Waals surface area (Å²) in [5.74, 6) is 1.11. The Hall–Kier alpha value is -1.68. The van der Waals surface area contributed by atoms with Gasteiger partial charge >= 0.3 is 0 Å². The molecule has 18 heavy (non-hydrogen) atoms. The van der Waals surface area contributed by atoms with Crippen molar-refractivity contribution in [2.45, 2.75) is 38.6 Å². The van der Waals surface area contributed by atoms with Crippen molar-refractivity contribution in [1.82, 2.24) is 10.1 Å². The second kappa shape index (κ2) is 4.21. The molecule has 2 N–H and O–H groups in total. The first-order valence-corrected chi connectivity index (χ1v) is 6.01. The Balaban J connectivity index is 2.40. The van der Waals surface area contributed by atoms with Crippen LogP contribution in [0.3, 0.4) is 0 Å². The highest BCUT2D eigenvalue weighted by Crippen LogP contribution is 2.27. The minimum absolute atomic E-state index is 0.144. The molecule has 0 saturated heterocycles. The molecule has 2 rings (SSSR count). The van der Waals surface area contributed by atoms with E-state index in [4.69, 9.17) is 10.3 Å². The third kappa shape index (κ3) is 2.29. The lowest BCUT2D eigenvalue weighted by Crippen LogP contribution is -2.34. The summed E-state index contributed by atoms with van der Waals surface area (Å²) in [6.07, 6.45) is 0. The zero-order valence-corrected chi connectivity index (χ0v) is 11.3. The van der Waals surface area contributed by atoms with Gasteiger partial charge in [0.2, 0.25) is 0 Å². The number of aromatic nitrogens is 2. The lowest BCUT2D eigenvalue weighted by atomic mass is 9.92. The van der Waals surface area contributed by atoms with Gasteiger partial charge in [-0.15, -0.1) is 0 Å². The van der Waals surface area contributed by atoms with E-state index in [0.29, 0.717) is 11.7 Å². The van der Waals surface area contributed by atoms with Crippen LogP contribution in [0.2, 0.25) is 0 Å². The predicted octanol–water partition coefficient (Wildman–Crippen LogP) is 2.59. The van der Waals surface area contributed by atoms with Crippen LogP contribution in [0.25, 0.3) is 0 Å². The molecule has 0 aliphatic carbocycles. The maximum Gasteiger partial charge on any atom is 0.251 e. The van der Waals surface area contributed by atoms with Crippen LogP contribution in [0.5, 0.6) is 0 Å². The summed E-state index contributed by atoms with van der Waals surface area (Å²) < 4.78 is 5.32. The van der Waals surface area contributed by atoms with Gasteiger partial charge in [0.25, 0.3) is 5.89 Å². The Labute approximate surface area is 107 Å². The van der Waals surface area contributed by atoms with E-state index in [-0.39, 0.29) is 5.41 Å². The largest absolute Gasteiger partial charge is 0.337 e. The highest BCUT2D eigenvalue weighted by molar-refractivity contribution is 5.29. The third-order valence-electron chi connectivity index (χ3n) is 2.91. The third-order valence-corrected chi connectivity index (χ3v) is 2.91. The molecule has 4 nitrogen and oxygen atoms in total. The first-order chi connectivity index (χ1) is 8.32. The molecule has 0 aliphatic rings. The molecular weight excluding hydrogens is 226 g/mol. The second-order valence-corrected chi connectivity index (χ2v) is 5.74. The van der Waals surface area contributed by atoms with E-state index in [9.17, 15) is 0 Å². The molecule has 0 aliphatic heterocycles. The Bertz CT molecular complexity index is 523. The first-order valence-electron chi connectivity index (χ1n) is 6.01. The molecule has 1 atom stereocenters. The molecule has 0 radical (unpaired) electrons. The average molecular weight is 245 g/mol. The van der Waals surface area contributed by atoms with Gasteiger partial charge in [0.05, 0.1) is 0 Å². The van der Waals surface area contributed by atoms with E-state index in [1.807, 2.05) is 58.0 Å². The molecule has 1 heterocycles. The molecule has 0 bridgehead atoms. The van der Waals surface area contributed by atoms with E-state index >= 15 is 0 Å². The minimum atomic E-state index is -0.766. The summed E-state index contributed by atoms with van der Waals surface area (Å²) in [5.41, 5.74) is 6.36.